The number of methoxy groups -OCH3 is 1. The summed E-state index contributed by atoms with van der Waals surface area (Å²) < 4.78 is 18.8. The lowest BCUT2D eigenvalue weighted by Crippen LogP contribution is -2.29. The third-order valence-corrected chi connectivity index (χ3v) is 3.58. The fourth-order valence-corrected chi connectivity index (χ4v) is 2.47. The predicted octanol–water partition coefficient (Wildman–Crippen LogP) is 2.75. The highest BCUT2D eigenvalue weighted by Gasteiger charge is 2.16. The lowest BCUT2D eigenvalue weighted by Gasteiger charge is -2.25. The number of hydrogen-bond donors (Lipinski definition) is 1. The Hall–Kier alpha value is -1.92. The van der Waals surface area contributed by atoms with Gasteiger partial charge in [-0.15, -0.1) is 0 Å². The summed E-state index contributed by atoms with van der Waals surface area (Å²) in [6.07, 6.45) is 3.98. The zero-order valence-electron chi connectivity index (χ0n) is 11.9. The van der Waals surface area contributed by atoms with Crippen molar-refractivity contribution in [3.63, 3.8) is 0 Å². The van der Waals surface area contributed by atoms with Crippen molar-refractivity contribution in [3.8, 4) is 17.0 Å². The number of aromatic amines is 1. The van der Waals surface area contributed by atoms with Crippen LogP contribution in [0.4, 0.5) is 4.39 Å². The highest BCUT2D eigenvalue weighted by Crippen LogP contribution is 2.27. The van der Waals surface area contributed by atoms with Gasteiger partial charge in [-0.2, -0.15) is 10.2 Å². The minimum Gasteiger partial charge on any atom is -0.494 e. The molecule has 5 nitrogen and oxygen atoms in total. The van der Waals surface area contributed by atoms with E-state index in [4.69, 9.17) is 9.57 Å². The molecule has 6 heteroatoms. The summed E-state index contributed by atoms with van der Waals surface area (Å²) in [6.45, 7) is 2.30. The Morgan fingerprint density at radius 1 is 1.43 bits per heavy atom. The summed E-state index contributed by atoms with van der Waals surface area (Å²) in [7, 11) is 1.45. The topological polar surface area (TPSA) is 50.4 Å². The molecule has 0 radical (unpaired) electrons. The number of ether oxygens (including phenoxy) is 1. The minimum atomic E-state index is -0.384. The lowest BCUT2D eigenvalue weighted by molar-refractivity contribution is -0.187. The van der Waals surface area contributed by atoms with Crippen molar-refractivity contribution in [2.24, 2.45) is 0 Å². The van der Waals surface area contributed by atoms with E-state index in [-0.39, 0.29) is 11.6 Å². The second kappa shape index (κ2) is 6.24. The van der Waals surface area contributed by atoms with E-state index < -0.39 is 0 Å². The first-order valence-electron chi connectivity index (χ1n) is 7.02. The van der Waals surface area contributed by atoms with Crippen LogP contribution in [0.15, 0.2) is 24.4 Å². The molecule has 0 saturated carbocycles. The van der Waals surface area contributed by atoms with E-state index in [2.05, 4.69) is 10.2 Å². The fourth-order valence-electron chi connectivity index (χ4n) is 2.47. The first-order chi connectivity index (χ1) is 10.3. The number of nitrogens with one attached hydrogen (secondary N) is 1. The number of nitrogens with zero attached hydrogens (tertiary/aromatic N) is 2. The van der Waals surface area contributed by atoms with Gasteiger partial charge in [0.05, 0.1) is 32.2 Å². The van der Waals surface area contributed by atoms with Crippen LogP contribution in [-0.2, 0) is 11.4 Å². The molecule has 1 aromatic heterocycles. The molecular formula is C15H18FN3O2. The molecule has 3 rings (SSSR count). The number of halogens is 1. The first kappa shape index (κ1) is 14.0. The van der Waals surface area contributed by atoms with Crippen molar-refractivity contribution >= 4 is 0 Å². The average Bonchev–Trinajstić information content (AvgIpc) is 2.96. The van der Waals surface area contributed by atoms with Crippen molar-refractivity contribution < 1.29 is 14.0 Å². The van der Waals surface area contributed by atoms with Gasteiger partial charge < -0.3 is 4.74 Å². The molecule has 1 N–H and O–H groups in total. The Morgan fingerprint density at radius 3 is 3.05 bits per heavy atom. The molecular weight excluding hydrogens is 273 g/mol. The summed E-state index contributed by atoms with van der Waals surface area (Å²) in [5.41, 5.74) is 2.55. The van der Waals surface area contributed by atoms with Crippen molar-refractivity contribution in [2.45, 2.75) is 19.4 Å². The third-order valence-electron chi connectivity index (χ3n) is 3.58. The summed E-state index contributed by atoms with van der Waals surface area (Å²) in [5.74, 6) is -0.149. The summed E-state index contributed by atoms with van der Waals surface area (Å²) >= 11 is 0. The monoisotopic (exact) mass is 291 g/mol. The Labute approximate surface area is 122 Å². The van der Waals surface area contributed by atoms with Gasteiger partial charge in [0, 0.05) is 17.7 Å². The molecule has 0 bridgehead atoms. The smallest absolute Gasteiger partial charge is 0.165 e. The Morgan fingerprint density at radius 2 is 2.33 bits per heavy atom. The quantitative estimate of drug-likeness (QED) is 0.941. The second-order valence-electron chi connectivity index (χ2n) is 5.02. The molecule has 2 aromatic rings. The molecule has 112 valence electrons. The Kier molecular flexibility index (Phi) is 4.17. The summed E-state index contributed by atoms with van der Waals surface area (Å²) in [6, 6.07) is 4.88. The first-order valence-corrected chi connectivity index (χ1v) is 7.02. The van der Waals surface area contributed by atoms with Gasteiger partial charge in [0.25, 0.3) is 0 Å². The molecule has 0 unspecified atom stereocenters. The number of aromatic nitrogens is 2. The zero-order valence-corrected chi connectivity index (χ0v) is 11.9. The van der Waals surface area contributed by atoms with Crippen LogP contribution in [0.25, 0.3) is 11.3 Å². The second-order valence-corrected chi connectivity index (χ2v) is 5.02. The van der Waals surface area contributed by atoms with Crippen LogP contribution < -0.4 is 4.74 Å². The standard InChI is InChI=1S/C15H18FN3O2/c1-20-14-5-4-11(8-13(14)16)15-12(9-17-18-15)10-19-6-2-3-7-21-19/h4-5,8-9H,2-3,6-7,10H2,1H3,(H,17,18). The Balaban J connectivity index is 1.82. The van der Waals surface area contributed by atoms with Crippen LogP contribution in [-0.4, -0.2) is 35.5 Å². The molecule has 1 aliphatic heterocycles. The van der Waals surface area contributed by atoms with E-state index >= 15 is 0 Å². The van der Waals surface area contributed by atoms with Crippen LogP contribution in [0.1, 0.15) is 18.4 Å². The van der Waals surface area contributed by atoms with Gasteiger partial charge in [0.1, 0.15) is 0 Å². The lowest BCUT2D eigenvalue weighted by atomic mass is 10.1. The van der Waals surface area contributed by atoms with E-state index in [9.17, 15) is 4.39 Å². The molecule has 21 heavy (non-hydrogen) atoms. The number of rotatable bonds is 4. The summed E-state index contributed by atoms with van der Waals surface area (Å²) in [5, 5.41) is 8.94. The van der Waals surface area contributed by atoms with Gasteiger partial charge in [-0.1, -0.05) is 0 Å². The van der Waals surface area contributed by atoms with E-state index in [1.165, 1.54) is 13.2 Å². The highest BCUT2D eigenvalue weighted by atomic mass is 19.1. The number of hydrogen-bond acceptors (Lipinski definition) is 4. The van der Waals surface area contributed by atoms with Gasteiger partial charge in [0.15, 0.2) is 11.6 Å². The predicted molar refractivity (Wildman–Crippen MR) is 76.1 cm³/mol. The molecule has 1 fully saturated rings. The van der Waals surface area contributed by atoms with Gasteiger partial charge in [-0.3, -0.25) is 9.94 Å². The molecule has 1 saturated heterocycles. The third kappa shape index (κ3) is 3.06. The van der Waals surface area contributed by atoms with E-state index in [1.807, 2.05) is 11.1 Å². The molecule has 0 atom stereocenters. The number of benzene rings is 1. The van der Waals surface area contributed by atoms with Crippen LogP contribution in [0, 0.1) is 5.82 Å². The van der Waals surface area contributed by atoms with Gasteiger partial charge >= 0.3 is 0 Å². The average molecular weight is 291 g/mol. The molecule has 0 aliphatic carbocycles. The van der Waals surface area contributed by atoms with Crippen LogP contribution in [0.2, 0.25) is 0 Å². The largest absolute Gasteiger partial charge is 0.494 e. The van der Waals surface area contributed by atoms with Gasteiger partial charge in [-0.25, -0.2) is 4.39 Å². The molecule has 0 spiro atoms. The maximum atomic E-state index is 13.8. The molecule has 2 heterocycles. The number of hydroxylamine groups is 2. The van der Waals surface area contributed by atoms with Gasteiger partial charge in [0.2, 0.25) is 0 Å². The van der Waals surface area contributed by atoms with Crippen LogP contribution in [0.3, 0.4) is 0 Å². The highest BCUT2D eigenvalue weighted by molar-refractivity contribution is 5.63. The Bertz CT molecular complexity index is 609. The molecule has 0 amide bonds. The maximum absolute atomic E-state index is 13.8. The van der Waals surface area contributed by atoms with E-state index in [1.54, 1.807) is 12.3 Å². The van der Waals surface area contributed by atoms with Crippen molar-refractivity contribution in [1.82, 2.24) is 15.3 Å². The summed E-state index contributed by atoms with van der Waals surface area (Å²) in [4.78, 5) is 5.60. The van der Waals surface area contributed by atoms with Crippen LogP contribution in [0.5, 0.6) is 5.75 Å². The van der Waals surface area contributed by atoms with Crippen LogP contribution >= 0.6 is 0 Å². The maximum Gasteiger partial charge on any atom is 0.165 e. The SMILES string of the molecule is COc1ccc(-c2[nH]ncc2CN2CCCCO2)cc1F. The number of H-pyrrole nitrogens is 1. The normalized spacial score (nSPS) is 16.1. The molecule has 1 aliphatic rings. The van der Waals surface area contributed by atoms with Gasteiger partial charge in [-0.05, 0) is 31.0 Å². The fraction of sp³-hybridized carbons (Fsp3) is 0.400. The van der Waals surface area contributed by atoms with E-state index in [0.29, 0.717) is 6.54 Å². The van der Waals surface area contributed by atoms with Crippen molar-refractivity contribution in [1.29, 1.82) is 0 Å². The van der Waals surface area contributed by atoms with E-state index in [0.717, 1.165) is 42.8 Å². The van der Waals surface area contributed by atoms with Crippen molar-refractivity contribution in [2.75, 3.05) is 20.3 Å². The zero-order chi connectivity index (χ0) is 14.7. The van der Waals surface area contributed by atoms with Crippen molar-refractivity contribution in [3.05, 3.63) is 35.8 Å². The minimum absolute atomic E-state index is 0.235. The molecule has 1 aromatic carbocycles.